The molecule has 0 aliphatic carbocycles. The summed E-state index contributed by atoms with van der Waals surface area (Å²) >= 11 is 7.87. The Balaban J connectivity index is 2.42. The Labute approximate surface area is 133 Å². The third kappa shape index (κ3) is 3.87. The summed E-state index contributed by atoms with van der Waals surface area (Å²) in [5, 5.41) is 3.57. The Morgan fingerprint density at radius 1 is 1.19 bits per heavy atom. The van der Waals surface area contributed by atoms with Gasteiger partial charge >= 0.3 is 0 Å². The summed E-state index contributed by atoms with van der Waals surface area (Å²) in [5.41, 5.74) is 7.31. The summed E-state index contributed by atoms with van der Waals surface area (Å²) in [4.78, 5) is 4.59. The van der Waals surface area contributed by atoms with Crippen molar-refractivity contribution >= 4 is 22.9 Å². The number of benzene rings is 1. The average molecular weight is 327 g/mol. The van der Waals surface area contributed by atoms with Gasteiger partial charge in [-0.25, -0.2) is 4.98 Å². The Bertz CT molecular complexity index is 601. The summed E-state index contributed by atoms with van der Waals surface area (Å²) in [7, 11) is 0. The zero-order chi connectivity index (χ0) is 15.2. The largest absolute Gasteiger partial charge is 0.493 e. The molecule has 0 aliphatic rings. The van der Waals surface area contributed by atoms with Gasteiger partial charge in [0, 0.05) is 23.4 Å². The summed E-state index contributed by atoms with van der Waals surface area (Å²) in [6.45, 7) is 5.58. The van der Waals surface area contributed by atoms with Crippen molar-refractivity contribution in [3.8, 4) is 22.8 Å². The van der Waals surface area contributed by atoms with Crippen molar-refractivity contribution in [3.63, 3.8) is 0 Å². The lowest BCUT2D eigenvalue weighted by atomic mass is 10.1. The van der Waals surface area contributed by atoms with E-state index >= 15 is 0 Å². The number of hydrogen-bond donors (Lipinski definition) is 1. The first-order valence-electron chi connectivity index (χ1n) is 6.93. The number of rotatable bonds is 7. The topological polar surface area (TPSA) is 57.4 Å². The van der Waals surface area contributed by atoms with Crippen LogP contribution in [0.2, 0.25) is 5.02 Å². The minimum absolute atomic E-state index is 0.558. The van der Waals surface area contributed by atoms with Gasteiger partial charge in [0.15, 0.2) is 0 Å². The van der Waals surface area contributed by atoms with E-state index in [0.717, 1.165) is 28.4 Å². The second-order valence-corrected chi connectivity index (χ2v) is 5.66. The van der Waals surface area contributed by atoms with E-state index in [2.05, 4.69) is 4.98 Å². The lowest BCUT2D eigenvalue weighted by molar-refractivity contribution is 0.324. The molecule has 0 atom stereocenters. The van der Waals surface area contributed by atoms with E-state index in [9.17, 15) is 0 Å². The van der Waals surface area contributed by atoms with Crippen LogP contribution >= 0.6 is 22.9 Å². The Kier molecular flexibility index (Phi) is 5.85. The normalized spacial score (nSPS) is 10.7. The van der Waals surface area contributed by atoms with Gasteiger partial charge in [-0.15, -0.1) is 11.3 Å². The highest BCUT2D eigenvalue weighted by atomic mass is 35.5. The molecule has 114 valence electrons. The smallest absolute Gasteiger partial charge is 0.141 e. The van der Waals surface area contributed by atoms with Crippen molar-refractivity contribution < 1.29 is 9.47 Å². The maximum atomic E-state index is 6.27. The van der Waals surface area contributed by atoms with Crippen molar-refractivity contribution in [3.05, 3.63) is 27.5 Å². The van der Waals surface area contributed by atoms with E-state index in [1.54, 1.807) is 11.3 Å². The summed E-state index contributed by atoms with van der Waals surface area (Å²) in [6.07, 6.45) is 0.777. The molecule has 0 bridgehead atoms. The van der Waals surface area contributed by atoms with Gasteiger partial charge in [-0.2, -0.15) is 0 Å². The fourth-order valence-electron chi connectivity index (χ4n) is 1.95. The molecule has 0 fully saturated rings. The highest BCUT2D eigenvalue weighted by Crippen LogP contribution is 2.39. The first-order chi connectivity index (χ1) is 10.2. The molecule has 1 aromatic carbocycles. The van der Waals surface area contributed by atoms with Crippen LogP contribution < -0.4 is 15.2 Å². The lowest BCUT2D eigenvalue weighted by Crippen LogP contribution is -2.02. The van der Waals surface area contributed by atoms with Crippen LogP contribution in [0.4, 0.5) is 0 Å². The summed E-state index contributed by atoms with van der Waals surface area (Å²) < 4.78 is 11.2. The monoisotopic (exact) mass is 326 g/mol. The van der Waals surface area contributed by atoms with Gasteiger partial charge in [-0.1, -0.05) is 11.6 Å². The minimum atomic E-state index is 0.558. The molecular formula is C15H19ClN2O2S. The van der Waals surface area contributed by atoms with Gasteiger partial charge in [0.25, 0.3) is 0 Å². The molecule has 0 saturated carbocycles. The number of ether oxygens (including phenoxy) is 2. The fourth-order valence-corrected chi connectivity index (χ4v) is 2.98. The number of nitrogens with zero attached hydrogens (tertiary/aromatic N) is 1. The van der Waals surface area contributed by atoms with Crippen LogP contribution in [-0.2, 0) is 6.42 Å². The predicted octanol–water partition coefficient (Wildman–Crippen LogP) is 3.76. The summed E-state index contributed by atoms with van der Waals surface area (Å²) in [5.74, 6) is 1.36. The highest BCUT2D eigenvalue weighted by molar-refractivity contribution is 7.09. The van der Waals surface area contributed by atoms with E-state index in [-0.39, 0.29) is 0 Å². The molecule has 0 aliphatic heterocycles. The number of hydrogen-bond acceptors (Lipinski definition) is 5. The predicted molar refractivity (Wildman–Crippen MR) is 87.7 cm³/mol. The molecule has 0 unspecified atom stereocenters. The molecule has 0 radical (unpaired) electrons. The molecule has 1 heterocycles. The number of thiazole rings is 1. The van der Waals surface area contributed by atoms with Crippen molar-refractivity contribution in [2.75, 3.05) is 19.8 Å². The molecular weight excluding hydrogens is 308 g/mol. The van der Waals surface area contributed by atoms with E-state index in [1.165, 1.54) is 0 Å². The second kappa shape index (κ2) is 7.64. The van der Waals surface area contributed by atoms with E-state index in [4.69, 9.17) is 26.8 Å². The van der Waals surface area contributed by atoms with Crippen LogP contribution in [0.1, 0.15) is 18.9 Å². The van der Waals surface area contributed by atoms with E-state index in [0.29, 0.717) is 30.5 Å². The first kappa shape index (κ1) is 16.1. The minimum Gasteiger partial charge on any atom is -0.493 e. The van der Waals surface area contributed by atoms with Crippen molar-refractivity contribution in [2.24, 2.45) is 5.73 Å². The highest BCUT2D eigenvalue weighted by Gasteiger charge is 2.15. The van der Waals surface area contributed by atoms with Crippen molar-refractivity contribution in [1.82, 2.24) is 4.98 Å². The van der Waals surface area contributed by atoms with Gasteiger partial charge in [0.2, 0.25) is 0 Å². The third-order valence-corrected chi connectivity index (χ3v) is 4.02. The van der Waals surface area contributed by atoms with Crippen LogP contribution in [-0.4, -0.2) is 24.7 Å². The SMILES string of the molecule is CCOc1cc(OCC)c(-c2csc(CCN)n2)cc1Cl. The molecule has 2 N–H and O–H groups in total. The Morgan fingerprint density at radius 2 is 1.90 bits per heavy atom. The average Bonchev–Trinajstić information content (AvgIpc) is 2.91. The zero-order valence-electron chi connectivity index (χ0n) is 12.2. The number of halogens is 1. The number of nitrogens with two attached hydrogens (primary N) is 1. The standard InChI is InChI=1S/C15H19ClN2O2S/c1-3-19-13-8-14(20-4-2)11(16)7-10(13)12-9-21-15(18-12)5-6-17/h7-9H,3-6,17H2,1-2H3. The molecule has 1 aromatic heterocycles. The van der Waals surface area contributed by atoms with Crippen molar-refractivity contribution in [2.45, 2.75) is 20.3 Å². The van der Waals surface area contributed by atoms with Gasteiger partial charge < -0.3 is 15.2 Å². The molecule has 0 spiro atoms. The first-order valence-corrected chi connectivity index (χ1v) is 8.19. The Hall–Kier alpha value is -1.30. The molecule has 0 amide bonds. The second-order valence-electron chi connectivity index (χ2n) is 4.31. The summed E-state index contributed by atoms with van der Waals surface area (Å²) in [6, 6.07) is 3.67. The zero-order valence-corrected chi connectivity index (χ0v) is 13.8. The molecule has 0 saturated heterocycles. The molecule has 2 aromatic rings. The fraction of sp³-hybridized carbons (Fsp3) is 0.400. The van der Waals surface area contributed by atoms with Crippen LogP contribution in [0.3, 0.4) is 0 Å². The van der Waals surface area contributed by atoms with Crippen molar-refractivity contribution in [1.29, 1.82) is 0 Å². The van der Waals surface area contributed by atoms with Gasteiger partial charge in [0.05, 0.1) is 28.9 Å². The van der Waals surface area contributed by atoms with E-state index < -0.39 is 0 Å². The van der Waals surface area contributed by atoms with Gasteiger partial charge in [-0.05, 0) is 26.5 Å². The van der Waals surface area contributed by atoms with Crippen LogP contribution in [0.25, 0.3) is 11.3 Å². The molecule has 4 nitrogen and oxygen atoms in total. The van der Waals surface area contributed by atoms with Gasteiger partial charge in [-0.3, -0.25) is 0 Å². The molecule has 6 heteroatoms. The maximum absolute atomic E-state index is 6.27. The number of aromatic nitrogens is 1. The Morgan fingerprint density at radius 3 is 2.57 bits per heavy atom. The van der Waals surface area contributed by atoms with Crippen LogP contribution in [0.15, 0.2) is 17.5 Å². The maximum Gasteiger partial charge on any atom is 0.141 e. The van der Waals surface area contributed by atoms with E-state index in [1.807, 2.05) is 31.4 Å². The van der Waals surface area contributed by atoms with Crippen LogP contribution in [0, 0.1) is 0 Å². The van der Waals surface area contributed by atoms with Crippen LogP contribution in [0.5, 0.6) is 11.5 Å². The quantitative estimate of drug-likeness (QED) is 0.841. The molecule has 21 heavy (non-hydrogen) atoms. The van der Waals surface area contributed by atoms with Gasteiger partial charge in [0.1, 0.15) is 11.5 Å². The third-order valence-electron chi connectivity index (χ3n) is 2.82. The molecule has 2 rings (SSSR count). The lowest BCUT2D eigenvalue weighted by Gasteiger charge is -2.13.